The van der Waals surface area contributed by atoms with Crippen molar-refractivity contribution in [1.82, 2.24) is 19.4 Å². The lowest BCUT2D eigenvalue weighted by Gasteiger charge is -2.34. The van der Waals surface area contributed by atoms with E-state index >= 15 is 0 Å². The van der Waals surface area contributed by atoms with Gasteiger partial charge in [0.15, 0.2) is 0 Å². The van der Waals surface area contributed by atoms with Crippen molar-refractivity contribution >= 4 is 11.8 Å². The van der Waals surface area contributed by atoms with Crippen molar-refractivity contribution in [3.63, 3.8) is 0 Å². The maximum absolute atomic E-state index is 12.7. The van der Waals surface area contributed by atoms with Crippen LogP contribution in [0, 0.1) is 13.8 Å². The Morgan fingerprint density at radius 2 is 1.65 bits per heavy atom. The summed E-state index contributed by atoms with van der Waals surface area (Å²) in [6.07, 6.45) is 1.74. The number of amides is 2. The van der Waals surface area contributed by atoms with Gasteiger partial charge in [0.25, 0.3) is 11.8 Å². The highest BCUT2D eigenvalue weighted by molar-refractivity contribution is 5.96. The van der Waals surface area contributed by atoms with Crippen molar-refractivity contribution in [2.24, 2.45) is 7.05 Å². The zero-order valence-corrected chi connectivity index (χ0v) is 13.8. The first-order chi connectivity index (χ1) is 11.0. The summed E-state index contributed by atoms with van der Waals surface area (Å²) in [5.41, 5.74) is 3.41. The first-order valence-corrected chi connectivity index (χ1v) is 7.84. The minimum Gasteiger partial charge on any atom is -0.357 e. The van der Waals surface area contributed by atoms with Crippen molar-refractivity contribution in [1.29, 1.82) is 0 Å². The van der Waals surface area contributed by atoms with E-state index in [0.29, 0.717) is 31.9 Å². The molecule has 3 rings (SSSR count). The van der Waals surface area contributed by atoms with Crippen molar-refractivity contribution in [2.75, 3.05) is 26.2 Å². The predicted molar refractivity (Wildman–Crippen MR) is 87.5 cm³/mol. The monoisotopic (exact) mass is 314 g/mol. The Morgan fingerprint density at radius 1 is 1.04 bits per heavy atom. The predicted octanol–water partition coefficient (Wildman–Crippen LogP) is 1.57. The highest BCUT2D eigenvalue weighted by Gasteiger charge is 2.27. The van der Waals surface area contributed by atoms with Gasteiger partial charge in [0.1, 0.15) is 5.69 Å². The van der Waals surface area contributed by atoms with Gasteiger partial charge in [-0.1, -0.05) is 0 Å². The lowest BCUT2D eigenvalue weighted by atomic mass is 10.2. The minimum absolute atomic E-state index is 0.00571. The molecule has 6 nitrogen and oxygen atoms in total. The molecule has 1 saturated heterocycles. The summed E-state index contributed by atoms with van der Waals surface area (Å²) in [4.78, 5) is 31.6. The van der Waals surface area contributed by atoms with Crippen LogP contribution in [0.3, 0.4) is 0 Å². The molecule has 0 saturated carbocycles. The van der Waals surface area contributed by atoms with Gasteiger partial charge in [0.2, 0.25) is 0 Å². The molecule has 0 unspecified atom stereocenters. The van der Waals surface area contributed by atoms with Gasteiger partial charge in [-0.3, -0.25) is 9.59 Å². The van der Waals surface area contributed by atoms with Crippen LogP contribution in [-0.2, 0) is 7.05 Å². The number of hydrogen-bond acceptors (Lipinski definition) is 2. The van der Waals surface area contributed by atoms with E-state index in [2.05, 4.69) is 4.98 Å². The van der Waals surface area contributed by atoms with Gasteiger partial charge in [-0.25, -0.2) is 0 Å². The fourth-order valence-corrected chi connectivity index (χ4v) is 2.99. The molecule has 1 aliphatic rings. The third-order valence-corrected chi connectivity index (χ3v) is 4.69. The van der Waals surface area contributed by atoms with Crippen LogP contribution in [-0.4, -0.2) is 57.3 Å². The molecule has 0 aliphatic carbocycles. The van der Waals surface area contributed by atoms with Gasteiger partial charge >= 0.3 is 0 Å². The lowest BCUT2D eigenvalue weighted by Crippen LogP contribution is -2.50. The number of aryl methyl sites for hydroxylation is 1. The first kappa shape index (κ1) is 15.4. The van der Waals surface area contributed by atoms with E-state index < -0.39 is 0 Å². The number of rotatable bonds is 2. The molecule has 0 bridgehead atoms. The fraction of sp³-hybridized carbons (Fsp3) is 0.412. The summed E-state index contributed by atoms with van der Waals surface area (Å²) in [7, 11) is 1.97. The molecule has 2 amide bonds. The molecule has 2 aromatic heterocycles. The Labute approximate surface area is 135 Å². The third kappa shape index (κ3) is 2.76. The molecular weight excluding hydrogens is 292 g/mol. The van der Waals surface area contributed by atoms with Crippen LogP contribution in [0.5, 0.6) is 0 Å². The van der Waals surface area contributed by atoms with Crippen LogP contribution in [0.4, 0.5) is 0 Å². The second kappa shape index (κ2) is 5.95. The van der Waals surface area contributed by atoms with Gasteiger partial charge in [-0.05, 0) is 32.0 Å². The quantitative estimate of drug-likeness (QED) is 0.914. The topological polar surface area (TPSA) is 61.3 Å². The molecule has 23 heavy (non-hydrogen) atoms. The Bertz CT molecular complexity index is 722. The minimum atomic E-state index is -0.00571. The summed E-state index contributed by atoms with van der Waals surface area (Å²) in [5, 5.41) is 0. The average molecular weight is 314 g/mol. The summed E-state index contributed by atoms with van der Waals surface area (Å²) in [5.74, 6) is 0.0482. The number of H-pyrrole nitrogens is 1. The van der Waals surface area contributed by atoms with Crippen molar-refractivity contribution in [3.8, 4) is 0 Å². The molecule has 6 heteroatoms. The largest absolute Gasteiger partial charge is 0.357 e. The van der Waals surface area contributed by atoms with Crippen LogP contribution < -0.4 is 0 Å². The Balaban J connectivity index is 1.66. The zero-order chi connectivity index (χ0) is 16.6. The summed E-state index contributed by atoms with van der Waals surface area (Å²) >= 11 is 0. The summed E-state index contributed by atoms with van der Waals surface area (Å²) in [6.45, 7) is 6.22. The van der Waals surface area contributed by atoms with Crippen LogP contribution >= 0.6 is 0 Å². The number of piperazine rings is 1. The van der Waals surface area contributed by atoms with Crippen LogP contribution in [0.1, 0.15) is 32.2 Å². The van der Waals surface area contributed by atoms with Gasteiger partial charge in [-0.15, -0.1) is 0 Å². The molecule has 2 aromatic rings. The molecule has 122 valence electrons. The molecule has 1 N–H and O–H groups in total. The van der Waals surface area contributed by atoms with Crippen molar-refractivity contribution in [2.45, 2.75) is 13.8 Å². The van der Waals surface area contributed by atoms with E-state index in [1.807, 2.05) is 42.5 Å². The second-order valence-electron chi connectivity index (χ2n) is 6.01. The molecule has 3 heterocycles. The SMILES string of the molecule is Cc1cc(C(=O)N2CCN(C(=O)c3ccc[nH]3)CC2)c(C)n1C. The normalized spacial score (nSPS) is 15.1. The maximum Gasteiger partial charge on any atom is 0.270 e. The molecule has 0 aromatic carbocycles. The summed E-state index contributed by atoms with van der Waals surface area (Å²) < 4.78 is 2.03. The number of nitrogens with zero attached hydrogens (tertiary/aromatic N) is 3. The van der Waals surface area contributed by atoms with Gasteiger partial charge in [0, 0.05) is 50.8 Å². The maximum atomic E-state index is 12.7. The second-order valence-corrected chi connectivity index (χ2v) is 6.01. The number of aromatic amines is 1. The number of aromatic nitrogens is 2. The molecule has 1 aliphatic heterocycles. The molecule has 0 spiro atoms. The third-order valence-electron chi connectivity index (χ3n) is 4.69. The molecule has 0 atom stereocenters. The number of carbonyl (C=O) groups is 2. The highest BCUT2D eigenvalue weighted by atomic mass is 16.2. The van der Waals surface area contributed by atoms with Gasteiger partial charge < -0.3 is 19.4 Å². The number of carbonyl (C=O) groups excluding carboxylic acids is 2. The smallest absolute Gasteiger partial charge is 0.270 e. The van der Waals surface area contributed by atoms with E-state index in [1.165, 1.54) is 0 Å². The van der Waals surface area contributed by atoms with E-state index in [9.17, 15) is 9.59 Å². The molecule has 1 fully saturated rings. The Hall–Kier alpha value is -2.50. The van der Waals surface area contributed by atoms with Crippen LogP contribution in [0.2, 0.25) is 0 Å². The van der Waals surface area contributed by atoms with E-state index in [4.69, 9.17) is 0 Å². The average Bonchev–Trinajstić information content (AvgIpc) is 3.19. The van der Waals surface area contributed by atoms with Crippen LogP contribution in [0.15, 0.2) is 24.4 Å². The zero-order valence-electron chi connectivity index (χ0n) is 13.8. The molecule has 0 radical (unpaired) electrons. The van der Waals surface area contributed by atoms with Crippen LogP contribution in [0.25, 0.3) is 0 Å². The summed E-state index contributed by atoms with van der Waals surface area (Å²) in [6, 6.07) is 5.53. The van der Waals surface area contributed by atoms with E-state index in [1.54, 1.807) is 17.2 Å². The number of nitrogens with one attached hydrogen (secondary N) is 1. The van der Waals surface area contributed by atoms with Crippen molar-refractivity contribution < 1.29 is 9.59 Å². The van der Waals surface area contributed by atoms with Crippen molar-refractivity contribution in [3.05, 3.63) is 47.0 Å². The number of hydrogen-bond donors (Lipinski definition) is 1. The first-order valence-electron chi connectivity index (χ1n) is 7.84. The lowest BCUT2D eigenvalue weighted by molar-refractivity contribution is 0.0532. The fourth-order valence-electron chi connectivity index (χ4n) is 2.99. The highest BCUT2D eigenvalue weighted by Crippen LogP contribution is 2.17. The standard InChI is InChI=1S/C17H22N4O2/c1-12-11-14(13(2)19(12)3)16(22)20-7-9-21(10-8-20)17(23)15-5-4-6-18-15/h4-6,11,18H,7-10H2,1-3H3. The Morgan fingerprint density at radius 3 is 2.13 bits per heavy atom. The Kier molecular flexibility index (Phi) is 3.98. The van der Waals surface area contributed by atoms with Gasteiger partial charge in [-0.2, -0.15) is 0 Å². The van der Waals surface area contributed by atoms with E-state index in [0.717, 1.165) is 17.0 Å². The molecular formula is C17H22N4O2. The van der Waals surface area contributed by atoms with E-state index in [-0.39, 0.29) is 11.8 Å². The van der Waals surface area contributed by atoms with Gasteiger partial charge in [0.05, 0.1) is 5.56 Å².